The van der Waals surface area contributed by atoms with Gasteiger partial charge in [0.05, 0.1) is 26.0 Å². The fourth-order valence-corrected chi connectivity index (χ4v) is 2.58. The van der Waals surface area contributed by atoms with Gasteiger partial charge in [-0.1, -0.05) is 13.8 Å². The molecule has 0 spiro atoms. The van der Waals surface area contributed by atoms with Crippen molar-refractivity contribution in [2.24, 2.45) is 10.7 Å². The van der Waals surface area contributed by atoms with Gasteiger partial charge >= 0.3 is 0 Å². The number of methoxy groups -OCH3 is 1. The van der Waals surface area contributed by atoms with Gasteiger partial charge in [-0.25, -0.2) is 0 Å². The van der Waals surface area contributed by atoms with Crippen molar-refractivity contribution in [2.45, 2.75) is 19.9 Å². The lowest BCUT2D eigenvalue weighted by molar-refractivity contribution is 0.198. The molecule has 0 fully saturated rings. The lowest BCUT2D eigenvalue weighted by Gasteiger charge is -2.26. The highest BCUT2D eigenvalue weighted by atomic mass is 16.5. The van der Waals surface area contributed by atoms with Crippen molar-refractivity contribution in [1.29, 1.82) is 0 Å². The Morgan fingerprint density at radius 3 is 2.50 bits per heavy atom. The number of benzene rings is 1. The summed E-state index contributed by atoms with van der Waals surface area (Å²) in [6.07, 6.45) is 1.69. The normalized spacial score (nSPS) is 13.1. The predicted molar refractivity (Wildman–Crippen MR) is 97.5 cm³/mol. The molecular formula is C18H26N4O2. The largest absolute Gasteiger partial charge is 0.497 e. The van der Waals surface area contributed by atoms with Crippen LogP contribution in [0.5, 0.6) is 5.75 Å². The first-order valence-corrected chi connectivity index (χ1v) is 8.16. The summed E-state index contributed by atoms with van der Waals surface area (Å²) < 4.78 is 10.7. The highest BCUT2D eigenvalue weighted by Crippen LogP contribution is 2.21. The molecule has 0 bridgehead atoms. The number of aliphatic imine (C=N–C) groups is 1. The Kier molecular flexibility index (Phi) is 6.69. The Balaban J connectivity index is 2.04. The standard InChI is InChI=1S/C18H26N4O2/c1-4-22(5-2)16(17-7-6-12-24-17)13-20-18(19)21-14-8-10-15(23-3)11-9-14/h6-12,16H,4-5,13H2,1-3H3,(H3,19,20,21). The first-order chi connectivity index (χ1) is 11.7. The van der Waals surface area contributed by atoms with E-state index in [0.717, 1.165) is 30.3 Å². The van der Waals surface area contributed by atoms with Crippen LogP contribution in [0.1, 0.15) is 25.6 Å². The molecular weight excluding hydrogens is 304 g/mol. The number of guanidine groups is 1. The van der Waals surface area contributed by atoms with Crippen LogP contribution in [0, 0.1) is 0 Å². The summed E-state index contributed by atoms with van der Waals surface area (Å²) in [6.45, 7) is 6.63. The minimum atomic E-state index is 0.0752. The van der Waals surface area contributed by atoms with Gasteiger partial charge in [-0.05, 0) is 49.5 Å². The number of likely N-dealkylation sites (N-methyl/N-ethyl adjacent to an activating group) is 1. The minimum absolute atomic E-state index is 0.0752. The van der Waals surface area contributed by atoms with Crippen LogP contribution in [0.4, 0.5) is 5.69 Å². The second-order valence-corrected chi connectivity index (χ2v) is 5.33. The smallest absolute Gasteiger partial charge is 0.193 e. The van der Waals surface area contributed by atoms with Crippen LogP contribution in [0.2, 0.25) is 0 Å². The number of furan rings is 1. The summed E-state index contributed by atoms with van der Waals surface area (Å²) in [5.74, 6) is 2.08. The molecule has 0 aliphatic rings. The molecule has 6 nitrogen and oxygen atoms in total. The molecule has 2 aromatic rings. The molecule has 0 aliphatic heterocycles. The number of rotatable bonds is 8. The van der Waals surface area contributed by atoms with Gasteiger partial charge in [0.15, 0.2) is 5.96 Å². The van der Waals surface area contributed by atoms with E-state index in [1.807, 2.05) is 36.4 Å². The van der Waals surface area contributed by atoms with E-state index in [-0.39, 0.29) is 6.04 Å². The third-order valence-electron chi connectivity index (χ3n) is 3.92. The molecule has 1 aromatic carbocycles. The van der Waals surface area contributed by atoms with E-state index in [1.54, 1.807) is 13.4 Å². The van der Waals surface area contributed by atoms with Crippen LogP contribution in [-0.2, 0) is 0 Å². The second-order valence-electron chi connectivity index (χ2n) is 5.33. The van der Waals surface area contributed by atoms with E-state index in [4.69, 9.17) is 14.9 Å². The van der Waals surface area contributed by atoms with Gasteiger partial charge in [0.2, 0.25) is 0 Å². The summed E-state index contributed by atoms with van der Waals surface area (Å²) in [5.41, 5.74) is 6.89. The fourth-order valence-electron chi connectivity index (χ4n) is 2.58. The summed E-state index contributed by atoms with van der Waals surface area (Å²) in [7, 11) is 1.64. The quantitative estimate of drug-likeness (QED) is 0.574. The van der Waals surface area contributed by atoms with Crippen LogP contribution in [0.3, 0.4) is 0 Å². The lowest BCUT2D eigenvalue weighted by atomic mass is 10.2. The average Bonchev–Trinajstić information content (AvgIpc) is 3.13. The van der Waals surface area contributed by atoms with Gasteiger partial charge in [0.1, 0.15) is 11.5 Å². The molecule has 1 atom stereocenters. The van der Waals surface area contributed by atoms with Gasteiger partial charge in [-0.3, -0.25) is 9.89 Å². The highest BCUT2D eigenvalue weighted by molar-refractivity contribution is 5.92. The molecule has 24 heavy (non-hydrogen) atoms. The number of nitrogens with zero attached hydrogens (tertiary/aromatic N) is 2. The van der Waals surface area contributed by atoms with Crippen LogP contribution >= 0.6 is 0 Å². The molecule has 0 saturated carbocycles. The van der Waals surface area contributed by atoms with Gasteiger partial charge in [0.25, 0.3) is 0 Å². The zero-order chi connectivity index (χ0) is 17.4. The van der Waals surface area contributed by atoms with Crippen molar-refractivity contribution < 1.29 is 9.15 Å². The van der Waals surface area contributed by atoms with Crippen molar-refractivity contribution >= 4 is 11.6 Å². The Bertz CT molecular complexity index is 619. The summed E-state index contributed by atoms with van der Waals surface area (Å²) in [4.78, 5) is 6.78. The topological polar surface area (TPSA) is 76.0 Å². The van der Waals surface area contributed by atoms with E-state index in [2.05, 4.69) is 29.1 Å². The van der Waals surface area contributed by atoms with Crippen molar-refractivity contribution in [3.63, 3.8) is 0 Å². The number of anilines is 1. The third kappa shape index (κ3) is 4.76. The van der Waals surface area contributed by atoms with Crippen molar-refractivity contribution in [1.82, 2.24) is 4.90 Å². The second kappa shape index (κ2) is 8.98. The molecule has 2 rings (SSSR count). The molecule has 3 N–H and O–H groups in total. The zero-order valence-corrected chi connectivity index (χ0v) is 14.5. The van der Waals surface area contributed by atoms with Crippen molar-refractivity contribution in [3.8, 4) is 5.75 Å². The maximum Gasteiger partial charge on any atom is 0.193 e. The molecule has 130 valence electrons. The SMILES string of the molecule is CCN(CC)C(CN=C(N)Nc1ccc(OC)cc1)c1ccco1. The fraction of sp³-hybridized carbons (Fsp3) is 0.389. The van der Waals surface area contributed by atoms with E-state index in [0.29, 0.717) is 12.5 Å². The molecule has 0 radical (unpaired) electrons. The summed E-state index contributed by atoms with van der Waals surface area (Å²) in [6, 6.07) is 11.5. The van der Waals surface area contributed by atoms with Crippen molar-refractivity contribution in [3.05, 3.63) is 48.4 Å². The first kappa shape index (κ1) is 17.9. The van der Waals surface area contributed by atoms with Crippen LogP contribution in [0.15, 0.2) is 52.1 Å². The molecule has 0 amide bonds. The third-order valence-corrected chi connectivity index (χ3v) is 3.92. The molecule has 0 aliphatic carbocycles. The van der Waals surface area contributed by atoms with Crippen LogP contribution in [0.25, 0.3) is 0 Å². The van der Waals surface area contributed by atoms with E-state index < -0.39 is 0 Å². The molecule has 1 unspecified atom stereocenters. The Hall–Kier alpha value is -2.47. The van der Waals surface area contributed by atoms with Gasteiger partial charge in [-0.2, -0.15) is 0 Å². The number of nitrogens with one attached hydrogen (secondary N) is 1. The molecule has 1 aromatic heterocycles. The van der Waals surface area contributed by atoms with Crippen molar-refractivity contribution in [2.75, 3.05) is 32.1 Å². The molecule has 1 heterocycles. The monoisotopic (exact) mass is 330 g/mol. The summed E-state index contributed by atoms with van der Waals surface area (Å²) >= 11 is 0. The predicted octanol–water partition coefficient (Wildman–Crippen LogP) is 3.10. The minimum Gasteiger partial charge on any atom is -0.497 e. The van der Waals surface area contributed by atoms with Crippen LogP contribution in [-0.4, -0.2) is 37.6 Å². The maximum atomic E-state index is 6.02. The molecule has 6 heteroatoms. The van der Waals surface area contributed by atoms with E-state index in [1.165, 1.54) is 0 Å². The number of ether oxygens (including phenoxy) is 1. The Morgan fingerprint density at radius 2 is 1.96 bits per heavy atom. The first-order valence-electron chi connectivity index (χ1n) is 8.16. The Labute approximate surface area is 143 Å². The van der Waals surface area contributed by atoms with Gasteiger partial charge in [-0.15, -0.1) is 0 Å². The summed E-state index contributed by atoms with van der Waals surface area (Å²) in [5, 5.41) is 3.09. The van der Waals surface area contributed by atoms with Crippen LogP contribution < -0.4 is 15.8 Å². The van der Waals surface area contributed by atoms with E-state index >= 15 is 0 Å². The number of hydrogen-bond donors (Lipinski definition) is 2. The zero-order valence-electron chi connectivity index (χ0n) is 14.5. The highest BCUT2D eigenvalue weighted by Gasteiger charge is 2.20. The molecule has 0 saturated heterocycles. The Morgan fingerprint density at radius 1 is 1.25 bits per heavy atom. The average molecular weight is 330 g/mol. The van der Waals surface area contributed by atoms with Gasteiger partial charge in [0, 0.05) is 5.69 Å². The number of nitrogens with two attached hydrogens (primary N) is 1. The van der Waals surface area contributed by atoms with Gasteiger partial charge < -0.3 is 20.2 Å². The van der Waals surface area contributed by atoms with E-state index in [9.17, 15) is 0 Å². The number of hydrogen-bond acceptors (Lipinski definition) is 4. The lowest BCUT2D eigenvalue weighted by Crippen LogP contribution is -2.31. The maximum absolute atomic E-state index is 6.02.